The topological polar surface area (TPSA) is 32.3 Å². The molecule has 0 unspecified atom stereocenters. The fraction of sp³-hybridized carbons (Fsp3) is 0.316. The Kier molecular flexibility index (Phi) is 5.85. The Labute approximate surface area is 145 Å². The molecule has 1 N–H and O–H groups in total. The normalized spacial score (nSPS) is 11.6. The van der Waals surface area contributed by atoms with E-state index in [0.717, 1.165) is 34.5 Å². The number of carbonyl (C=O) groups is 1. The van der Waals surface area contributed by atoms with Gasteiger partial charge in [0.25, 0.3) is 0 Å². The molecule has 0 saturated heterocycles. The molecule has 2 aromatic carbocycles. The molecule has 0 aliphatic carbocycles. The van der Waals surface area contributed by atoms with Crippen molar-refractivity contribution in [2.24, 2.45) is 0 Å². The number of hydrogen-bond acceptors (Lipinski definition) is 2. The summed E-state index contributed by atoms with van der Waals surface area (Å²) in [6, 6.07) is 10.8. The molecule has 3 nitrogen and oxygen atoms in total. The zero-order valence-corrected chi connectivity index (χ0v) is 14.4. The third-order valence-corrected chi connectivity index (χ3v) is 3.65. The Morgan fingerprint density at radius 1 is 1.04 bits per heavy atom. The summed E-state index contributed by atoms with van der Waals surface area (Å²) >= 11 is 0. The van der Waals surface area contributed by atoms with Crippen LogP contribution in [0.4, 0.5) is 18.9 Å². The monoisotopic (exact) mass is 350 g/mol. The molecule has 0 fully saturated rings. The van der Waals surface area contributed by atoms with Crippen LogP contribution in [0.5, 0.6) is 0 Å². The van der Waals surface area contributed by atoms with E-state index in [1.807, 2.05) is 32.0 Å². The van der Waals surface area contributed by atoms with Crippen molar-refractivity contribution in [3.05, 3.63) is 64.7 Å². The van der Waals surface area contributed by atoms with Crippen LogP contribution in [0, 0.1) is 13.8 Å². The minimum absolute atomic E-state index is 0.147. The second-order valence-electron chi connectivity index (χ2n) is 6.29. The summed E-state index contributed by atoms with van der Waals surface area (Å²) < 4.78 is 37.7. The predicted octanol–water partition coefficient (Wildman–Crippen LogP) is 4.39. The Morgan fingerprint density at radius 2 is 1.60 bits per heavy atom. The van der Waals surface area contributed by atoms with E-state index in [1.165, 1.54) is 12.1 Å². The molecular formula is C19H21F3N2O. The Morgan fingerprint density at radius 3 is 2.12 bits per heavy atom. The number of anilines is 1. The summed E-state index contributed by atoms with van der Waals surface area (Å²) in [5.41, 5.74) is 2.91. The van der Waals surface area contributed by atoms with E-state index >= 15 is 0 Å². The molecule has 0 aliphatic rings. The van der Waals surface area contributed by atoms with Crippen LogP contribution in [-0.2, 0) is 17.5 Å². The molecule has 0 spiro atoms. The van der Waals surface area contributed by atoms with Crippen molar-refractivity contribution in [3.8, 4) is 0 Å². The summed E-state index contributed by atoms with van der Waals surface area (Å²) in [7, 11) is 1.75. The van der Waals surface area contributed by atoms with Crippen molar-refractivity contribution in [1.82, 2.24) is 4.90 Å². The average Bonchev–Trinajstić information content (AvgIpc) is 2.45. The van der Waals surface area contributed by atoms with Gasteiger partial charge in [-0.25, -0.2) is 0 Å². The number of benzene rings is 2. The summed E-state index contributed by atoms with van der Waals surface area (Å²) in [4.78, 5) is 13.9. The number of alkyl halides is 3. The van der Waals surface area contributed by atoms with Gasteiger partial charge in [0, 0.05) is 12.2 Å². The second kappa shape index (κ2) is 7.70. The van der Waals surface area contributed by atoms with Gasteiger partial charge in [0.15, 0.2) is 0 Å². The van der Waals surface area contributed by atoms with Crippen LogP contribution in [0.1, 0.15) is 22.3 Å². The maximum absolute atomic E-state index is 12.6. The lowest BCUT2D eigenvalue weighted by atomic mass is 10.1. The van der Waals surface area contributed by atoms with E-state index in [4.69, 9.17) is 0 Å². The van der Waals surface area contributed by atoms with Crippen LogP contribution < -0.4 is 5.32 Å². The van der Waals surface area contributed by atoms with E-state index in [9.17, 15) is 18.0 Å². The summed E-state index contributed by atoms with van der Waals surface area (Å²) in [6.07, 6.45) is -4.34. The van der Waals surface area contributed by atoms with Crippen LogP contribution in [0.25, 0.3) is 0 Å². The quantitative estimate of drug-likeness (QED) is 0.867. The average molecular weight is 350 g/mol. The molecule has 1 amide bonds. The molecule has 134 valence electrons. The van der Waals surface area contributed by atoms with Gasteiger partial charge in [-0.15, -0.1) is 0 Å². The minimum atomic E-state index is -4.34. The van der Waals surface area contributed by atoms with Gasteiger partial charge in [-0.05, 0) is 61.9 Å². The van der Waals surface area contributed by atoms with Gasteiger partial charge in [-0.3, -0.25) is 9.69 Å². The van der Waals surface area contributed by atoms with Crippen molar-refractivity contribution in [2.45, 2.75) is 26.6 Å². The van der Waals surface area contributed by atoms with E-state index in [1.54, 1.807) is 11.9 Å². The molecule has 6 heteroatoms. The van der Waals surface area contributed by atoms with Gasteiger partial charge < -0.3 is 5.32 Å². The molecule has 2 rings (SSSR count). The lowest BCUT2D eigenvalue weighted by Crippen LogP contribution is -2.29. The van der Waals surface area contributed by atoms with E-state index in [0.29, 0.717) is 6.54 Å². The predicted molar refractivity (Wildman–Crippen MR) is 92.3 cm³/mol. The molecule has 0 heterocycles. The first-order valence-electron chi connectivity index (χ1n) is 7.86. The van der Waals surface area contributed by atoms with Crippen molar-refractivity contribution < 1.29 is 18.0 Å². The number of amides is 1. The third-order valence-electron chi connectivity index (χ3n) is 3.65. The number of hydrogen-bond donors (Lipinski definition) is 1. The molecule has 0 aliphatic heterocycles. The maximum atomic E-state index is 12.6. The van der Waals surface area contributed by atoms with Crippen molar-refractivity contribution in [3.63, 3.8) is 0 Å². The highest BCUT2D eigenvalue weighted by molar-refractivity contribution is 5.92. The zero-order valence-electron chi connectivity index (χ0n) is 14.4. The third kappa shape index (κ3) is 5.90. The fourth-order valence-corrected chi connectivity index (χ4v) is 2.66. The maximum Gasteiger partial charge on any atom is 0.416 e. The van der Waals surface area contributed by atoms with E-state index < -0.39 is 11.7 Å². The highest BCUT2D eigenvalue weighted by Crippen LogP contribution is 2.29. The minimum Gasteiger partial charge on any atom is -0.325 e. The molecule has 25 heavy (non-hydrogen) atoms. The Hall–Kier alpha value is -2.34. The summed E-state index contributed by atoms with van der Waals surface area (Å²) in [5.74, 6) is -0.167. The number of rotatable bonds is 5. The lowest BCUT2D eigenvalue weighted by Gasteiger charge is -2.17. The van der Waals surface area contributed by atoms with Crippen molar-refractivity contribution in [1.29, 1.82) is 0 Å². The standard InChI is InChI=1S/C19H21F3N2O/c1-13-8-14(2)10-17(9-13)23-18(25)12-24(3)11-15-4-6-16(7-5-15)19(20,21)22/h4-10H,11-12H2,1-3H3,(H,23,25). The Balaban J connectivity index is 1.91. The molecule has 0 saturated carbocycles. The highest BCUT2D eigenvalue weighted by atomic mass is 19.4. The van der Waals surface area contributed by atoms with E-state index in [-0.39, 0.29) is 12.5 Å². The number of halogens is 3. The number of carbonyl (C=O) groups excluding carboxylic acids is 1. The lowest BCUT2D eigenvalue weighted by molar-refractivity contribution is -0.137. The molecule has 0 radical (unpaired) electrons. The van der Waals surface area contributed by atoms with Crippen molar-refractivity contribution in [2.75, 3.05) is 18.9 Å². The van der Waals surface area contributed by atoms with Gasteiger partial charge in [0.05, 0.1) is 12.1 Å². The number of aryl methyl sites for hydroxylation is 2. The first-order chi connectivity index (χ1) is 11.6. The molecular weight excluding hydrogens is 329 g/mol. The first-order valence-corrected chi connectivity index (χ1v) is 7.86. The highest BCUT2D eigenvalue weighted by Gasteiger charge is 2.29. The van der Waals surface area contributed by atoms with E-state index in [2.05, 4.69) is 5.32 Å². The van der Waals surface area contributed by atoms with Crippen LogP contribution in [0.2, 0.25) is 0 Å². The Bertz CT molecular complexity index is 719. The largest absolute Gasteiger partial charge is 0.416 e. The molecule has 0 bridgehead atoms. The zero-order chi connectivity index (χ0) is 18.6. The molecule has 2 aromatic rings. The van der Waals surface area contributed by atoms with Gasteiger partial charge in [-0.1, -0.05) is 18.2 Å². The van der Waals surface area contributed by atoms with Crippen LogP contribution in [0.15, 0.2) is 42.5 Å². The summed E-state index contributed by atoms with van der Waals surface area (Å²) in [6.45, 7) is 4.45. The number of likely N-dealkylation sites (N-methyl/N-ethyl adjacent to an activating group) is 1. The number of nitrogens with one attached hydrogen (secondary N) is 1. The van der Waals surface area contributed by atoms with Gasteiger partial charge in [0.2, 0.25) is 5.91 Å². The SMILES string of the molecule is Cc1cc(C)cc(NC(=O)CN(C)Cc2ccc(C(F)(F)F)cc2)c1. The smallest absolute Gasteiger partial charge is 0.325 e. The van der Waals surface area contributed by atoms with Gasteiger partial charge in [-0.2, -0.15) is 13.2 Å². The first kappa shape index (κ1) is 19.0. The number of nitrogens with zero attached hydrogens (tertiary/aromatic N) is 1. The molecule has 0 aromatic heterocycles. The van der Waals surface area contributed by atoms with Gasteiger partial charge >= 0.3 is 6.18 Å². The van der Waals surface area contributed by atoms with Crippen LogP contribution >= 0.6 is 0 Å². The van der Waals surface area contributed by atoms with Crippen LogP contribution in [0.3, 0.4) is 0 Å². The molecule has 0 atom stereocenters. The fourth-order valence-electron chi connectivity index (χ4n) is 2.66. The summed E-state index contributed by atoms with van der Waals surface area (Å²) in [5, 5.41) is 2.84. The van der Waals surface area contributed by atoms with Crippen molar-refractivity contribution >= 4 is 11.6 Å². The van der Waals surface area contributed by atoms with Crippen LogP contribution in [-0.4, -0.2) is 24.4 Å². The second-order valence-corrected chi connectivity index (χ2v) is 6.29. The van der Waals surface area contributed by atoms with Gasteiger partial charge in [0.1, 0.15) is 0 Å².